The number of rotatable bonds is 5. The first-order valence-corrected chi connectivity index (χ1v) is 13.5. The number of carbonyl (C=O) groups excluding carboxylic acids is 1. The first-order valence-electron chi connectivity index (χ1n) is 12.1. The Morgan fingerprint density at radius 3 is 2.62 bits per heavy atom. The standard InChI is InChI=1S/C27H25N3O6S/c31-26(11-5-18-4-10-24-25(13-18)36-17-35-24)28-21-6-8-22(9-7-21)37(33,34)29-14-19-12-20(16-29)23-2-1-3-27(32)30(23)15-19/h1-11,13,19-20H,12,14-17H2,(H,28,31)/b11-5-. The molecule has 6 rings (SSSR count). The van der Waals surface area contributed by atoms with Crippen molar-refractivity contribution in [1.29, 1.82) is 0 Å². The van der Waals surface area contributed by atoms with Crippen molar-refractivity contribution in [2.24, 2.45) is 5.92 Å². The van der Waals surface area contributed by atoms with Crippen LogP contribution in [-0.4, -0.2) is 43.1 Å². The summed E-state index contributed by atoms with van der Waals surface area (Å²) >= 11 is 0. The highest BCUT2D eigenvalue weighted by molar-refractivity contribution is 7.89. The summed E-state index contributed by atoms with van der Waals surface area (Å²) in [5.74, 6) is 1.05. The number of fused-ring (bicyclic) bond motifs is 5. The Kier molecular flexibility index (Phi) is 5.85. The van der Waals surface area contributed by atoms with Crippen molar-refractivity contribution in [3.63, 3.8) is 0 Å². The molecule has 3 aromatic rings. The molecule has 0 saturated carbocycles. The van der Waals surface area contributed by atoms with Crippen LogP contribution in [0.3, 0.4) is 0 Å². The van der Waals surface area contributed by atoms with Crippen molar-refractivity contribution in [3.05, 3.63) is 88.4 Å². The van der Waals surface area contributed by atoms with E-state index < -0.39 is 10.0 Å². The number of hydrogen-bond acceptors (Lipinski definition) is 6. The van der Waals surface area contributed by atoms with Crippen molar-refractivity contribution in [2.45, 2.75) is 23.8 Å². The number of pyridine rings is 1. The lowest BCUT2D eigenvalue weighted by Gasteiger charge is -2.42. The summed E-state index contributed by atoms with van der Waals surface area (Å²) in [6.07, 6.45) is 3.94. The molecule has 2 unspecified atom stereocenters. The van der Waals surface area contributed by atoms with Crippen LogP contribution in [0.4, 0.5) is 5.69 Å². The van der Waals surface area contributed by atoms with Gasteiger partial charge in [0, 0.05) is 49.1 Å². The quantitative estimate of drug-likeness (QED) is 0.520. The molecule has 0 radical (unpaired) electrons. The number of aromatic nitrogens is 1. The first-order chi connectivity index (χ1) is 17.9. The Morgan fingerprint density at radius 2 is 1.78 bits per heavy atom. The maximum atomic E-state index is 13.4. The highest BCUT2D eigenvalue weighted by Gasteiger charge is 2.39. The highest BCUT2D eigenvalue weighted by Crippen LogP contribution is 2.37. The predicted octanol–water partition coefficient (Wildman–Crippen LogP) is 3.04. The average molecular weight is 520 g/mol. The van der Waals surface area contributed by atoms with Gasteiger partial charge >= 0.3 is 0 Å². The highest BCUT2D eigenvalue weighted by atomic mass is 32.2. The first kappa shape index (κ1) is 23.5. The molecule has 10 heteroatoms. The van der Waals surface area contributed by atoms with Gasteiger partial charge < -0.3 is 19.4 Å². The fraction of sp³-hybridized carbons (Fsp3) is 0.259. The second-order valence-corrected chi connectivity index (χ2v) is 11.4. The minimum Gasteiger partial charge on any atom is -0.454 e. The molecule has 37 heavy (non-hydrogen) atoms. The largest absolute Gasteiger partial charge is 0.454 e. The van der Waals surface area contributed by atoms with Crippen LogP contribution in [0, 0.1) is 5.92 Å². The number of hydrogen-bond donors (Lipinski definition) is 1. The van der Waals surface area contributed by atoms with Crippen LogP contribution >= 0.6 is 0 Å². The molecule has 1 saturated heterocycles. The molecular weight excluding hydrogens is 494 g/mol. The van der Waals surface area contributed by atoms with E-state index in [2.05, 4.69) is 5.32 Å². The molecule has 2 aromatic carbocycles. The van der Waals surface area contributed by atoms with Gasteiger partial charge in [0.05, 0.1) is 4.90 Å². The molecule has 4 heterocycles. The molecule has 2 atom stereocenters. The Balaban J connectivity index is 1.12. The van der Waals surface area contributed by atoms with E-state index in [0.29, 0.717) is 36.8 Å². The number of nitrogens with zero attached hydrogens (tertiary/aromatic N) is 2. The minimum absolute atomic E-state index is 0.00807. The van der Waals surface area contributed by atoms with E-state index in [1.54, 1.807) is 47.0 Å². The summed E-state index contributed by atoms with van der Waals surface area (Å²) in [5, 5.41) is 2.75. The van der Waals surface area contributed by atoms with E-state index in [4.69, 9.17) is 9.47 Å². The third-order valence-electron chi connectivity index (χ3n) is 7.03. The van der Waals surface area contributed by atoms with E-state index in [9.17, 15) is 18.0 Å². The van der Waals surface area contributed by atoms with Gasteiger partial charge in [0.1, 0.15) is 0 Å². The van der Waals surface area contributed by atoms with E-state index in [1.807, 2.05) is 12.1 Å². The maximum absolute atomic E-state index is 13.4. The average Bonchev–Trinajstić information content (AvgIpc) is 3.36. The second-order valence-electron chi connectivity index (χ2n) is 9.48. The summed E-state index contributed by atoms with van der Waals surface area (Å²) < 4.78 is 40.7. The summed E-state index contributed by atoms with van der Waals surface area (Å²) in [4.78, 5) is 24.8. The van der Waals surface area contributed by atoms with Gasteiger partial charge in [-0.25, -0.2) is 8.42 Å². The van der Waals surface area contributed by atoms with Crippen molar-refractivity contribution in [1.82, 2.24) is 8.87 Å². The number of anilines is 1. The number of benzene rings is 2. The van der Waals surface area contributed by atoms with Gasteiger partial charge in [-0.3, -0.25) is 9.59 Å². The summed E-state index contributed by atoms with van der Waals surface area (Å²) in [6, 6.07) is 16.8. The Morgan fingerprint density at radius 1 is 0.973 bits per heavy atom. The molecular formula is C27H25N3O6S. The summed E-state index contributed by atoms with van der Waals surface area (Å²) in [5.41, 5.74) is 2.14. The zero-order valence-electron chi connectivity index (χ0n) is 19.9. The number of amides is 1. The Bertz CT molecular complexity index is 1560. The van der Waals surface area contributed by atoms with Crippen LogP contribution in [0.25, 0.3) is 6.08 Å². The van der Waals surface area contributed by atoms with Gasteiger partial charge in [0.2, 0.25) is 22.7 Å². The SMILES string of the molecule is O=C(/C=C\c1ccc2c(c1)OCO2)Nc1ccc(S(=O)(=O)N2CC3CC(C2)c2cccc(=O)n2C3)cc1. The third-order valence-corrected chi connectivity index (χ3v) is 8.88. The van der Waals surface area contributed by atoms with Crippen LogP contribution < -0.4 is 20.3 Å². The van der Waals surface area contributed by atoms with Crippen LogP contribution in [0.1, 0.15) is 23.6 Å². The van der Waals surface area contributed by atoms with E-state index in [1.165, 1.54) is 22.5 Å². The molecule has 2 bridgehead atoms. The van der Waals surface area contributed by atoms with Gasteiger partial charge in [-0.05, 0) is 66.4 Å². The fourth-order valence-electron chi connectivity index (χ4n) is 5.28. The molecule has 1 N–H and O–H groups in total. The maximum Gasteiger partial charge on any atom is 0.250 e. The number of nitrogens with one attached hydrogen (secondary N) is 1. The fourth-order valence-corrected chi connectivity index (χ4v) is 6.84. The molecule has 3 aliphatic heterocycles. The van der Waals surface area contributed by atoms with Gasteiger partial charge in [0.15, 0.2) is 11.5 Å². The van der Waals surface area contributed by atoms with E-state index in [-0.39, 0.29) is 35.0 Å². The van der Waals surface area contributed by atoms with Crippen molar-refractivity contribution >= 4 is 27.7 Å². The van der Waals surface area contributed by atoms with E-state index in [0.717, 1.165) is 17.7 Å². The normalized spacial score (nSPS) is 20.5. The topological polar surface area (TPSA) is 107 Å². The number of sulfonamides is 1. The molecule has 0 aliphatic carbocycles. The summed E-state index contributed by atoms with van der Waals surface area (Å²) in [7, 11) is -3.72. The predicted molar refractivity (Wildman–Crippen MR) is 137 cm³/mol. The third kappa shape index (κ3) is 4.54. The van der Waals surface area contributed by atoms with Crippen LogP contribution in [0.15, 0.2) is 76.4 Å². The Labute approximate surface area is 214 Å². The van der Waals surface area contributed by atoms with E-state index >= 15 is 0 Å². The van der Waals surface area contributed by atoms with Crippen LogP contribution in [0.2, 0.25) is 0 Å². The van der Waals surface area contributed by atoms with Crippen molar-refractivity contribution in [3.8, 4) is 11.5 Å². The van der Waals surface area contributed by atoms with Crippen LogP contribution in [-0.2, 0) is 21.4 Å². The molecule has 1 aromatic heterocycles. The zero-order chi connectivity index (χ0) is 25.6. The lowest BCUT2D eigenvalue weighted by atomic mass is 9.84. The molecule has 3 aliphatic rings. The smallest absolute Gasteiger partial charge is 0.250 e. The number of piperidine rings is 1. The molecule has 190 valence electrons. The monoisotopic (exact) mass is 519 g/mol. The Hall–Kier alpha value is -3.89. The van der Waals surface area contributed by atoms with Crippen LogP contribution in [0.5, 0.6) is 11.5 Å². The lowest BCUT2D eigenvalue weighted by molar-refractivity contribution is -0.111. The van der Waals surface area contributed by atoms with Crippen molar-refractivity contribution in [2.75, 3.05) is 25.2 Å². The number of ether oxygens (including phenoxy) is 2. The molecule has 1 amide bonds. The van der Waals surface area contributed by atoms with Crippen molar-refractivity contribution < 1.29 is 22.7 Å². The molecule has 9 nitrogen and oxygen atoms in total. The van der Waals surface area contributed by atoms with Gasteiger partial charge in [-0.1, -0.05) is 12.1 Å². The second kappa shape index (κ2) is 9.20. The number of carbonyl (C=O) groups is 1. The lowest BCUT2D eigenvalue weighted by Crippen LogP contribution is -2.48. The summed E-state index contributed by atoms with van der Waals surface area (Å²) in [6.45, 7) is 1.43. The van der Waals surface area contributed by atoms with Gasteiger partial charge in [0.25, 0.3) is 5.56 Å². The molecule has 1 fully saturated rings. The van der Waals surface area contributed by atoms with Gasteiger partial charge in [-0.2, -0.15) is 4.31 Å². The zero-order valence-corrected chi connectivity index (χ0v) is 20.7. The van der Waals surface area contributed by atoms with Gasteiger partial charge in [-0.15, -0.1) is 0 Å². The minimum atomic E-state index is -3.72. The molecule has 0 spiro atoms.